The first-order chi connectivity index (χ1) is 14.1. The molecule has 0 amide bonds. The van der Waals surface area contributed by atoms with E-state index < -0.39 is 10.0 Å². The Kier molecular flexibility index (Phi) is 4.73. The standard InChI is InChI=1S/C20H23N5O3S/c26-29(27,18-4-2-1-3-5-18)24-9-8-16(14-24)20-21-19-7-6-17(15-25(19)22-20)23-10-12-28-13-11-23/h1-7,15-16H,8-14H2/t16-/m0/s1. The summed E-state index contributed by atoms with van der Waals surface area (Å²) in [6.45, 7) is 4.08. The molecule has 8 nitrogen and oxygen atoms in total. The summed E-state index contributed by atoms with van der Waals surface area (Å²) in [5.74, 6) is 0.704. The van der Waals surface area contributed by atoms with Crippen LogP contribution in [-0.4, -0.2) is 66.7 Å². The Balaban J connectivity index is 1.36. The second kappa shape index (κ2) is 7.40. The minimum Gasteiger partial charge on any atom is -0.378 e. The van der Waals surface area contributed by atoms with E-state index in [0.29, 0.717) is 23.8 Å². The SMILES string of the molecule is O=S(=O)(c1ccccc1)N1CC[C@H](c2nc3ccc(N4CCOCC4)cn3n2)C1. The van der Waals surface area contributed by atoms with Gasteiger partial charge in [0.05, 0.1) is 30.0 Å². The summed E-state index contributed by atoms with van der Waals surface area (Å²) >= 11 is 0. The molecule has 0 spiro atoms. The van der Waals surface area contributed by atoms with Gasteiger partial charge in [-0.2, -0.15) is 9.40 Å². The maximum Gasteiger partial charge on any atom is 0.243 e. The summed E-state index contributed by atoms with van der Waals surface area (Å²) in [6.07, 6.45) is 2.71. The normalized spacial score (nSPS) is 21.1. The molecule has 0 N–H and O–H groups in total. The van der Waals surface area contributed by atoms with Crippen molar-refractivity contribution in [2.45, 2.75) is 17.2 Å². The number of nitrogens with zero attached hydrogens (tertiary/aromatic N) is 5. The number of sulfonamides is 1. The summed E-state index contributed by atoms with van der Waals surface area (Å²) in [4.78, 5) is 7.26. The Morgan fingerprint density at radius 1 is 1.00 bits per heavy atom. The summed E-state index contributed by atoms with van der Waals surface area (Å²) in [5.41, 5.74) is 1.87. The monoisotopic (exact) mass is 413 g/mol. The Morgan fingerprint density at radius 2 is 1.79 bits per heavy atom. The lowest BCUT2D eigenvalue weighted by Gasteiger charge is -2.28. The van der Waals surface area contributed by atoms with Gasteiger partial charge < -0.3 is 9.64 Å². The van der Waals surface area contributed by atoms with E-state index in [1.165, 1.54) is 4.31 Å². The number of rotatable bonds is 4. The maximum absolute atomic E-state index is 12.9. The lowest BCUT2D eigenvalue weighted by Crippen LogP contribution is -2.36. The van der Waals surface area contributed by atoms with Crippen LogP contribution >= 0.6 is 0 Å². The van der Waals surface area contributed by atoms with Crippen LogP contribution in [-0.2, 0) is 14.8 Å². The molecule has 2 aromatic heterocycles. The fraction of sp³-hybridized carbons (Fsp3) is 0.400. The predicted molar refractivity (Wildman–Crippen MR) is 109 cm³/mol. The van der Waals surface area contributed by atoms with E-state index in [1.54, 1.807) is 28.8 Å². The lowest BCUT2D eigenvalue weighted by molar-refractivity contribution is 0.122. The van der Waals surface area contributed by atoms with E-state index in [0.717, 1.165) is 44.1 Å². The summed E-state index contributed by atoms with van der Waals surface area (Å²) in [6, 6.07) is 12.6. The van der Waals surface area contributed by atoms with Crippen LogP contribution in [0.5, 0.6) is 0 Å². The van der Waals surface area contributed by atoms with Crippen LogP contribution < -0.4 is 4.90 Å². The van der Waals surface area contributed by atoms with Gasteiger partial charge in [-0.3, -0.25) is 0 Å². The quantitative estimate of drug-likeness (QED) is 0.648. The molecule has 0 bridgehead atoms. The van der Waals surface area contributed by atoms with E-state index in [4.69, 9.17) is 4.74 Å². The summed E-state index contributed by atoms with van der Waals surface area (Å²) in [5, 5.41) is 4.67. The number of hydrogen-bond acceptors (Lipinski definition) is 6. The van der Waals surface area contributed by atoms with Crippen LogP contribution in [0.25, 0.3) is 5.65 Å². The van der Waals surface area contributed by atoms with Gasteiger partial charge in [-0.05, 0) is 30.7 Å². The van der Waals surface area contributed by atoms with Gasteiger partial charge in [0.25, 0.3) is 0 Å². The number of hydrogen-bond donors (Lipinski definition) is 0. The first-order valence-corrected chi connectivity index (χ1v) is 11.3. The topological polar surface area (TPSA) is 80.0 Å². The van der Waals surface area contributed by atoms with Gasteiger partial charge in [0.2, 0.25) is 10.0 Å². The fourth-order valence-corrected chi connectivity index (χ4v) is 5.49. The van der Waals surface area contributed by atoms with E-state index >= 15 is 0 Å². The number of fused-ring (bicyclic) bond motifs is 1. The Bertz CT molecular complexity index is 1110. The smallest absolute Gasteiger partial charge is 0.243 e. The zero-order valence-electron chi connectivity index (χ0n) is 16.0. The highest BCUT2D eigenvalue weighted by Gasteiger charge is 2.35. The Labute approximate surface area is 169 Å². The number of benzene rings is 1. The molecule has 2 fully saturated rings. The maximum atomic E-state index is 12.9. The highest BCUT2D eigenvalue weighted by Crippen LogP contribution is 2.30. The molecule has 2 aliphatic rings. The van der Waals surface area contributed by atoms with Gasteiger partial charge in [0.15, 0.2) is 11.5 Å². The van der Waals surface area contributed by atoms with Crippen LogP contribution in [0.2, 0.25) is 0 Å². The molecule has 29 heavy (non-hydrogen) atoms. The molecule has 2 saturated heterocycles. The molecule has 0 aliphatic carbocycles. The third kappa shape index (κ3) is 3.50. The van der Waals surface area contributed by atoms with Gasteiger partial charge in [-0.15, -0.1) is 0 Å². The van der Waals surface area contributed by atoms with Crippen molar-refractivity contribution in [3.05, 3.63) is 54.5 Å². The second-order valence-electron chi connectivity index (χ2n) is 7.42. The van der Waals surface area contributed by atoms with Crippen LogP contribution in [0, 0.1) is 0 Å². The molecule has 152 valence electrons. The third-order valence-corrected chi connectivity index (χ3v) is 7.48. The lowest BCUT2D eigenvalue weighted by atomic mass is 10.1. The molecule has 0 saturated carbocycles. The van der Waals surface area contributed by atoms with Gasteiger partial charge in [-0.25, -0.2) is 17.9 Å². The molecule has 9 heteroatoms. The largest absolute Gasteiger partial charge is 0.378 e. The zero-order valence-corrected chi connectivity index (χ0v) is 16.8. The second-order valence-corrected chi connectivity index (χ2v) is 9.36. The van der Waals surface area contributed by atoms with Crippen molar-refractivity contribution in [1.82, 2.24) is 18.9 Å². The number of aromatic nitrogens is 3. The number of pyridine rings is 1. The summed E-state index contributed by atoms with van der Waals surface area (Å²) in [7, 11) is -3.48. The number of morpholine rings is 1. The Morgan fingerprint density at radius 3 is 2.59 bits per heavy atom. The van der Waals surface area contributed by atoms with Crippen LogP contribution in [0.15, 0.2) is 53.6 Å². The van der Waals surface area contributed by atoms with E-state index in [2.05, 4.69) is 21.0 Å². The zero-order chi connectivity index (χ0) is 19.8. The van der Waals surface area contributed by atoms with Crippen molar-refractivity contribution < 1.29 is 13.2 Å². The number of anilines is 1. The van der Waals surface area contributed by atoms with Crippen LogP contribution in [0.1, 0.15) is 18.2 Å². The fourth-order valence-electron chi connectivity index (χ4n) is 3.97. The minimum atomic E-state index is -3.48. The number of ether oxygens (including phenoxy) is 1. The van der Waals surface area contributed by atoms with Gasteiger partial charge in [0.1, 0.15) is 0 Å². The minimum absolute atomic E-state index is 0.000207. The van der Waals surface area contributed by atoms with Gasteiger partial charge in [0, 0.05) is 32.1 Å². The van der Waals surface area contributed by atoms with Gasteiger partial charge in [-0.1, -0.05) is 18.2 Å². The highest BCUT2D eigenvalue weighted by molar-refractivity contribution is 7.89. The summed E-state index contributed by atoms with van der Waals surface area (Å²) < 4.78 is 34.5. The van der Waals surface area contributed by atoms with E-state index in [-0.39, 0.29) is 5.92 Å². The molecule has 0 unspecified atom stereocenters. The predicted octanol–water partition coefficient (Wildman–Crippen LogP) is 1.74. The molecule has 0 radical (unpaired) electrons. The average molecular weight is 414 g/mol. The molecule has 1 aromatic carbocycles. The van der Waals surface area contributed by atoms with Crippen LogP contribution in [0.3, 0.4) is 0 Å². The van der Waals surface area contributed by atoms with Crippen molar-refractivity contribution in [1.29, 1.82) is 0 Å². The average Bonchev–Trinajstić information content (AvgIpc) is 3.42. The third-order valence-electron chi connectivity index (χ3n) is 5.61. The molecule has 4 heterocycles. The molecule has 2 aliphatic heterocycles. The van der Waals surface area contributed by atoms with Crippen molar-refractivity contribution in [3.63, 3.8) is 0 Å². The first kappa shape index (κ1) is 18.5. The van der Waals surface area contributed by atoms with Crippen molar-refractivity contribution in [2.24, 2.45) is 0 Å². The molecule has 1 atom stereocenters. The van der Waals surface area contributed by atoms with Crippen molar-refractivity contribution in [3.8, 4) is 0 Å². The highest BCUT2D eigenvalue weighted by atomic mass is 32.2. The van der Waals surface area contributed by atoms with Gasteiger partial charge >= 0.3 is 0 Å². The molecular weight excluding hydrogens is 390 g/mol. The Hall–Kier alpha value is -2.49. The van der Waals surface area contributed by atoms with Crippen molar-refractivity contribution in [2.75, 3.05) is 44.3 Å². The van der Waals surface area contributed by atoms with Crippen molar-refractivity contribution >= 4 is 21.4 Å². The first-order valence-electron chi connectivity index (χ1n) is 9.85. The molecule has 5 rings (SSSR count). The van der Waals surface area contributed by atoms with Crippen LogP contribution in [0.4, 0.5) is 5.69 Å². The molecule has 3 aromatic rings. The van der Waals surface area contributed by atoms with E-state index in [9.17, 15) is 8.42 Å². The van der Waals surface area contributed by atoms with E-state index in [1.807, 2.05) is 18.3 Å². The molecular formula is C20H23N5O3S.